The van der Waals surface area contributed by atoms with Crippen molar-refractivity contribution >= 4 is 34.8 Å². The Morgan fingerprint density at radius 3 is 2.23 bits per heavy atom. The van der Waals surface area contributed by atoms with Crippen LogP contribution in [0.1, 0.15) is 25.2 Å². The van der Waals surface area contributed by atoms with Crippen LogP contribution in [0.3, 0.4) is 0 Å². The highest BCUT2D eigenvalue weighted by Gasteiger charge is 2.21. The summed E-state index contributed by atoms with van der Waals surface area (Å²) in [6.07, 6.45) is 4.00. The monoisotopic (exact) mass is 395 g/mol. The van der Waals surface area contributed by atoms with E-state index < -0.39 is 0 Å². The van der Waals surface area contributed by atoms with Gasteiger partial charge in [0.05, 0.1) is 11.0 Å². The zero-order valence-corrected chi connectivity index (χ0v) is 17.3. The molecule has 1 heterocycles. The van der Waals surface area contributed by atoms with Gasteiger partial charge in [-0.15, -0.1) is 0 Å². The second-order valence-electron chi connectivity index (χ2n) is 7.48. The fourth-order valence-corrected chi connectivity index (χ4v) is 3.65. The summed E-state index contributed by atoms with van der Waals surface area (Å²) in [5, 5.41) is 0. The third kappa shape index (κ3) is 4.18. The SMILES string of the molecule is CC(C)N(C(=O)Cn1c(C=Cc2ccccc2)nc2ccccc21)c1ccccc1. The van der Waals surface area contributed by atoms with Gasteiger partial charge in [0.15, 0.2) is 0 Å². The minimum atomic E-state index is 0.0358. The van der Waals surface area contributed by atoms with Crippen LogP contribution in [0.4, 0.5) is 5.69 Å². The van der Waals surface area contributed by atoms with Gasteiger partial charge >= 0.3 is 0 Å². The van der Waals surface area contributed by atoms with Crippen LogP contribution in [0.25, 0.3) is 23.2 Å². The molecule has 0 saturated carbocycles. The zero-order chi connectivity index (χ0) is 20.9. The van der Waals surface area contributed by atoms with Crippen LogP contribution in [-0.2, 0) is 11.3 Å². The van der Waals surface area contributed by atoms with Gasteiger partial charge in [-0.2, -0.15) is 0 Å². The molecule has 3 aromatic carbocycles. The molecule has 30 heavy (non-hydrogen) atoms. The lowest BCUT2D eigenvalue weighted by molar-refractivity contribution is -0.119. The van der Waals surface area contributed by atoms with Gasteiger partial charge in [-0.05, 0) is 49.8 Å². The van der Waals surface area contributed by atoms with Gasteiger partial charge in [-0.25, -0.2) is 4.98 Å². The molecule has 0 bridgehead atoms. The van der Waals surface area contributed by atoms with Gasteiger partial charge in [0.1, 0.15) is 12.4 Å². The van der Waals surface area contributed by atoms with Crippen molar-refractivity contribution in [3.63, 3.8) is 0 Å². The number of amides is 1. The van der Waals surface area contributed by atoms with Crippen molar-refractivity contribution in [3.05, 3.63) is 96.3 Å². The molecule has 0 spiro atoms. The maximum Gasteiger partial charge on any atom is 0.247 e. The van der Waals surface area contributed by atoms with Gasteiger partial charge in [-0.1, -0.05) is 66.7 Å². The van der Waals surface area contributed by atoms with Gasteiger partial charge in [0.2, 0.25) is 5.91 Å². The fraction of sp³-hybridized carbons (Fsp3) is 0.154. The van der Waals surface area contributed by atoms with E-state index in [0.29, 0.717) is 0 Å². The Kier molecular flexibility index (Phi) is 5.75. The van der Waals surface area contributed by atoms with Crippen LogP contribution in [0.5, 0.6) is 0 Å². The average Bonchev–Trinajstić information content (AvgIpc) is 3.11. The van der Waals surface area contributed by atoms with Crippen molar-refractivity contribution in [2.75, 3.05) is 4.90 Å². The number of rotatable bonds is 6. The molecular formula is C26H25N3O. The van der Waals surface area contributed by atoms with Gasteiger partial charge in [0, 0.05) is 11.7 Å². The number of hydrogen-bond acceptors (Lipinski definition) is 2. The number of para-hydroxylation sites is 3. The summed E-state index contributed by atoms with van der Waals surface area (Å²) in [6, 6.07) is 27.9. The van der Waals surface area contributed by atoms with E-state index in [-0.39, 0.29) is 18.5 Å². The van der Waals surface area contributed by atoms with Gasteiger partial charge in [0.25, 0.3) is 0 Å². The predicted octanol–water partition coefficient (Wildman–Crippen LogP) is 5.65. The first kappa shape index (κ1) is 19.6. The molecule has 4 nitrogen and oxygen atoms in total. The number of hydrogen-bond donors (Lipinski definition) is 0. The summed E-state index contributed by atoms with van der Waals surface area (Å²) in [7, 11) is 0. The Bertz CT molecular complexity index is 1160. The van der Waals surface area contributed by atoms with E-state index in [4.69, 9.17) is 4.98 Å². The van der Waals surface area contributed by atoms with E-state index in [1.54, 1.807) is 0 Å². The molecule has 1 aromatic heterocycles. The summed E-state index contributed by atoms with van der Waals surface area (Å²) in [6.45, 7) is 4.29. The predicted molar refractivity (Wildman–Crippen MR) is 124 cm³/mol. The number of anilines is 1. The van der Waals surface area contributed by atoms with E-state index in [2.05, 4.69) is 0 Å². The molecule has 0 aliphatic carbocycles. The van der Waals surface area contributed by atoms with Crippen LogP contribution >= 0.6 is 0 Å². The van der Waals surface area contributed by atoms with E-state index in [0.717, 1.165) is 28.1 Å². The Balaban J connectivity index is 1.70. The standard InChI is InChI=1S/C26H25N3O/c1-20(2)29(22-13-7-4-8-14-22)26(30)19-28-24-16-10-9-15-23(24)27-25(28)18-17-21-11-5-3-6-12-21/h3-18,20H,19H2,1-2H3. The number of carbonyl (C=O) groups is 1. The zero-order valence-electron chi connectivity index (χ0n) is 17.3. The highest BCUT2D eigenvalue weighted by molar-refractivity contribution is 5.95. The van der Waals surface area contributed by atoms with Crippen LogP contribution in [0.2, 0.25) is 0 Å². The fourth-order valence-electron chi connectivity index (χ4n) is 3.65. The first-order chi connectivity index (χ1) is 14.6. The second-order valence-corrected chi connectivity index (χ2v) is 7.48. The number of benzene rings is 3. The first-order valence-electron chi connectivity index (χ1n) is 10.2. The van der Waals surface area contributed by atoms with Crippen molar-refractivity contribution in [3.8, 4) is 0 Å². The highest BCUT2D eigenvalue weighted by Crippen LogP contribution is 2.21. The number of imidazole rings is 1. The second kappa shape index (κ2) is 8.78. The minimum absolute atomic E-state index is 0.0358. The summed E-state index contributed by atoms with van der Waals surface area (Å²) in [4.78, 5) is 20.0. The van der Waals surface area contributed by atoms with Crippen LogP contribution in [0.15, 0.2) is 84.9 Å². The molecule has 0 atom stereocenters. The smallest absolute Gasteiger partial charge is 0.247 e. The molecule has 0 fully saturated rings. The van der Waals surface area contributed by atoms with E-state index in [9.17, 15) is 4.79 Å². The molecular weight excluding hydrogens is 370 g/mol. The normalized spacial score (nSPS) is 11.4. The third-order valence-corrected chi connectivity index (χ3v) is 5.02. The van der Waals surface area contributed by atoms with Gasteiger partial charge < -0.3 is 9.47 Å². The van der Waals surface area contributed by atoms with Crippen molar-refractivity contribution < 1.29 is 4.79 Å². The Morgan fingerprint density at radius 2 is 1.53 bits per heavy atom. The van der Waals surface area contributed by atoms with Gasteiger partial charge in [-0.3, -0.25) is 4.79 Å². The number of fused-ring (bicyclic) bond motifs is 1. The summed E-state index contributed by atoms with van der Waals surface area (Å²) < 4.78 is 2.00. The number of nitrogens with zero attached hydrogens (tertiary/aromatic N) is 3. The maximum atomic E-state index is 13.4. The minimum Gasteiger partial charge on any atom is -0.315 e. The maximum absolute atomic E-state index is 13.4. The Morgan fingerprint density at radius 1 is 0.900 bits per heavy atom. The first-order valence-corrected chi connectivity index (χ1v) is 10.2. The summed E-state index contributed by atoms with van der Waals surface area (Å²) in [5.74, 6) is 0.805. The summed E-state index contributed by atoms with van der Waals surface area (Å²) in [5.41, 5.74) is 3.84. The van der Waals surface area contributed by atoms with Crippen LogP contribution < -0.4 is 4.90 Å². The molecule has 150 valence electrons. The van der Waals surface area contributed by atoms with Crippen LogP contribution in [-0.4, -0.2) is 21.5 Å². The Hall–Kier alpha value is -3.66. The topological polar surface area (TPSA) is 38.1 Å². The van der Waals surface area contributed by atoms with E-state index in [1.807, 2.05) is 120 Å². The summed E-state index contributed by atoms with van der Waals surface area (Å²) >= 11 is 0. The lowest BCUT2D eigenvalue weighted by atomic mass is 10.2. The lowest BCUT2D eigenvalue weighted by Crippen LogP contribution is -2.39. The average molecular weight is 396 g/mol. The Labute approximate surface area is 177 Å². The largest absolute Gasteiger partial charge is 0.315 e. The molecule has 4 rings (SSSR count). The molecule has 1 amide bonds. The van der Waals surface area contributed by atoms with Crippen molar-refractivity contribution in [1.82, 2.24) is 9.55 Å². The van der Waals surface area contributed by atoms with Crippen molar-refractivity contribution in [2.45, 2.75) is 26.4 Å². The molecule has 0 N–H and O–H groups in total. The quantitative estimate of drug-likeness (QED) is 0.423. The van der Waals surface area contributed by atoms with Crippen molar-refractivity contribution in [1.29, 1.82) is 0 Å². The molecule has 0 aliphatic rings. The molecule has 0 saturated heterocycles. The lowest BCUT2D eigenvalue weighted by Gasteiger charge is -2.27. The van der Waals surface area contributed by atoms with E-state index >= 15 is 0 Å². The molecule has 0 aliphatic heterocycles. The highest BCUT2D eigenvalue weighted by atomic mass is 16.2. The molecule has 4 heteroatoms. The van der Waals surface area contributed by atoms with Crippen LogP contribution in [0, 0.1) is 0 Å². The van der Waals surface area contributed by atoms with E-state index in [1.165, 1.54) is 0 Å². The molecule has 0 unspecified atom stereocenters. The molecule has 0 radical (unpaired) electrons. The number of aromatic nitrogens is 2. The molecule has 4 aromatic rings. The number of carbonyl (C=O) groups excluding carboxylic acids is 1. The van der Waals surface area contributed by atoms with Crippen molar-refractivity contribution in [2.24, 2.45) is 0 Å². The third-order valence-electron chi connectivity index (χ3n) is 5.02.